The minimum Gasteiger partial charge on any atom is -0.490 e. The topological polar surface area (TPSA) is 43.4 Å². The van der Waals surface area contributed by atoms with Crippen LogP contribution in [0.2, 0.25) is 10.0 Å². The van der Waals surface area contributed by atoms with Gasteiger partial charge in [0.2, 0.25) is 0 Å². The molecule has 0 aliphatic rings. The lowest BCUT2D eigenvalue weighted by Crippen LogP contribution is -2.13. The second-order valence-corrected chi connectivity index (χ2v) is 6.99. The molecule has 0 bridgehead atoms. The van der Waals surface area contributed by atoms with E-state index >= 15 is 0 Å². The summed E-state index contributed by atoms with van der Waals surface area (Å²) in [5.41, 5.74) is 3.09. The van der Waals surface area contributed by atoms with E-state index in [1.54, 1.807) is 12.4 Å². The first-order chi connectivity index (χ1) is 13.7. The van der Waals surface area contributed by atoms with E-state index < -0.39 is 0 Å². The van der Waals surface area contributed by atoms with Crippen LogP contribution in [-0.2, 0) is 19.7 Å². The minimum atomic E-state index is 0. The summed E-state index contributed by atoms with van der Waals surface area (Å²) in [5, 5.41) is 4.57. The largest absolute Gasteiger partial charge is 0.490 e. The second-order valence-electron chi connectivity index (χ2n) is 6.18. The predicted octanol–water partition coefficient (Wildman–Crippen LogP) is 6.08. The maximum atomic E-state index is 6.50. The van der Waals surface area contributed by atoms with Gasteiger partial charge < -0.3 is 14.8 Å². The van der Waals surface area contributed by atoms with Crippen molar-refractivity contribution in [1.29, 1.82) is 0 Å². The Morgan fingerprint density at radius 2 is 1.62 bits per heavy atom. The molecular formula is C22H23Cl3N2O2. The van der Waals surface area contributed by atoms with Crippen LogP contribution in [0.5, 0.6) is 11.5 Å². The SMILES string of the molecule is CCOc1cc(CNCc2ccncc2)cc(Cl)c1OCc1ccccc1Cl.Cl. The molecule has 0 saturated carbocycles. The van der Waals surface area contributed by atoms with E-state index in [4.69, 9.17) is 32.7 Å². The molecule has 1 N–H and O–H groups in total. The van der Waals surface area contributed by atoms with Gasteiger partial charge in [0.1, 0.15) is 6.61 Å². The summed E-state index contributed by atoms with van der Waals surface area (Å²) in [4.78, 5) is 4.03. The molecule has 0 radical (unpaired) electrons. The van der Waals surface area contributed by atoms with Crippen molar-refractivity contribution >= 4 is 35.6 Å². The Kier molecular flexibility index (Phi) is 9.55. The summed E-state index contributed by atoms with van der Waals surface area (Å²) in [6.45, 7) is 4.17. The van der Waals surface area contributed by atoms with Crippen LogP contribution in [0, 0.1) is 0 Å². The Bertz CT molecular complexity index is 908. The van der Waals surface area contributed by atoms with E-state index in [1.165, 1.54) is 5.56 Å². The first-order valence-electron chi connectivity index (χ1n) is 9.08. The fourth-order valence-electron chi connectivity index (χ4n) is 2.74. The summed E-state index contributed by atoms with van der Waals surface area (Å²) < 4.78 is 11.7. The highest BCUT2D eigenvalue weighted by molar-refractivity contribution is 6.32. The van der Waals surface area contributed by atoms with E-state index in [2.05, 4.69) is 10.3 Å². The number of halogens is 3. The standard InChI is InChI=1S/C22H22Cl2N2O2.ClH/c1-2-27-21-12-17(14-26-13-16-7-9-25-10-8-16)11-20(24)22(21)28-15-18-5-3-4-6-19(18)23;/h3-12,26H,2,13-15H2,1H3;1H. The van der Waals surface area contributed by atoms with Gasteiger partial charge in [-0.1, -0.05) is 41.4 Å². The van der Waals surface area contributed by atoms with Gasteiger partial charge in [0.05, 0.1) is 11.6 Å². The summed E-state index contributed by atoms with van der Waals surface area (Å²) in [6.07, 6.45) is 3.57. The van der Waals surface area contributed by atoms with Gasteiger partial charge in [-0.25, -0.2) is 0 Å². The van der Waals surface area contributed by atoms with Crippen molar-refractivity contribution in [3.05, 3.63) is 87.7 Å². The number of hydrogen-bond acceptors (Lipinski definition) is 4. The highest BCUT2D eigenvalue weighted by atomic mass is 35.5. The van der Waals surface area contributed by atoms with Crippen LogP contribution in [0.1, 0.15) is 23.6 Å². The Balaban J connectivity index is 0.00000300. The predicted molar refractivity (Wildman–Crippen MR) is 120 cm³/mol. The number of hydrogen-bond donors (Lipinski definition) is 1. The third-order valence-corrected chi connectivity index (χ3v) is 4.76. The monoisotopic (exact) mass is 452 g/mol. The van der Waals surface area contributed by atoms with Crippen LogP contribution in [0.25, 0.3) is 0 Å². The Labute approximate surface area is 187 Å². The number of pyridine rings is 1. The molecule has 2 aromatic carbocycles. The zero-order valence-corrected chi connectivity index (χ0v) is 18.4. The Hall–Kier alpha value is -1.98. The van der Waals surface area contributed by atoms with Crippen LogP contribution >= 0.6 is 35.6 Å². The van der Waals surface area contributed by atoms with E-state index in [9.17, 15) is 0 Å². The smallest absolute Gasteiger partial charge is 0.180 e. The molecule has 3 rings (SSSR count). The van der Waals surface area contributed by atoms with E-state index in [-0.39, 0.29) is 12.4 Å². The minimum absolute atomic E-state index is 0. The fraction of sp³-hybridized carbons (Fsp3) is 0.227. The molecule has 7 heteroatoms. The molecule has 1 aromatic heterocycles. The molecule has 154 valence electrons. The molecule has 29 heavy (non-hydrogen) atoms. The quantitative estimate of drug-likeness (QED) is 0.426. The molecule has 0 fully saturated rings. The summed E-state index contributed by atoms with van der Waals surface area (Å²) in [6, 6.07) is 15.4. The first-order valence-corrected chi connectivity index (χ1v) is 9.84. The highest BCUT2D eigenvalue weighted by Crippen LogP contribution is 2.37. The van der Waals surface area contributed by atoms with E-state index in [0.717, 1.165) is 17.7 Å². The van der Waals surface area contributed by atoms with Crippen molar-refractivity contribution in [2.45, 2.75) is 26.6 Å². The zero-order chi connectivity index (χ0) is 19.8. The molecule has 4 nitrogen and oxygen atoms in total. The van der Waals surface area contributed by atoms with Gasteiger partial charge in [-0.3, -0.25) is 4.98 Å². The summed E-state index contributed by atoms with van der Waals surface area (Å²) in [7, 11) is 0. The summed E-state index contributed by atoms with van der Waals surface area (Å²) in [5.74, 6) is 1.16. The van der Waals surface area contributed by atoms with Gasteiger partial charge >= 0.3 is 0 Å². The van der Waals surface area contributed by atoms with Gasteiger partial charge in [-0.15, -0.1) is 12.4 Å². The second kappa shape index (κ2) is 11.9. The van der Waals surface area contributed by atoms with Crippen molar-refractivity contribution in [3.63, 3.8) is 0 Å². The molecule has 0 aliphatic carbocycles. The van der Waals surface area contributed by atoms with Crippen LogP contribution in [0.3, 0.4) is 0 Å². The highest BCUT2D eigenvalue weighted by Gasteiger charge is 2.13. The number of benzene rings is 2. The van der Waals surface area contributed by atoms with Crippen molar-refractivity contribution < 1.29 is 9.47 Å². The summed E-state index contributed by atoms with van der Waals surface area (Å²) >= 11 is 12.7. The van der Waals surface area contributed by atoms with Crippen molar-refractivity contribution in [3.8, 4) is 11.5 Å². The average Bonchev–Trinajstić information content (AvgIpc) is 2.70. The van der Waals surface area contributed by atoms with Crippen molar-refractivity contribution in [2.75, 3.05) is 6.61 Å². The lowest BCUT2D eigenvalue weighted by atomic mass is 10.2. The number of nitrogens with zero attached hydrogens (tertiary/aromatic N) is 1. The van der Waals surface area contributed by atoms with Gasteiger partial charge in [-0.05, 0) is 48.4 Å². The molecule has 0 amide bonds. The van der Waals surface area contributed by atoms with Gasteiger partial charge in [0, 0.05) is 36.1 Å². The Morgan fingerprint density at radius 1 is 0.897 bits per heavy atom. The number of ether oxygens (including phenoxy) is 2. The van der Waals surface area contributed by atoms with E-state index in [0.29, 0.717) is 41.3 Å². The Morgan fingerprint density at radius 3 is 2.34 bits per heavy atom. The van der Waals surface area contributed by atoms with Gasteiger partial charge in [0.15, 0.2) is 11.5 Å². The van der Waals surface area contributed by atoms with Crippen molar-refractivity contribution in [2.24, 2.45) is 0 Å². The van der Waals surface area contributed by atoms with Gasteiger partial charge in [-0.2, -0.15) is 0 Å². The zero-order valence-electron chi connectivity index (χ0n) is 16.0. The molecule has 1 heterocycles. The lowest BCUT2D eigenvalue weighted by molar-refractivity contribution is 0.269. The normalized spacial score (nSPS) is 10.3. The van der Waals surface area contributed by atoms with Crippen molar-refractivity contribution in [1.82, 2.24) is 10.3 Å². The number of nitrogens with one attached hydrogen (secondary N) is 1. The molecule has 3 aromatic rings. The molecule has 0 spiro atoms. The maximum absolute atomic E-state index is 6.50. The maximum Gasteiger partial charge on any atom is 0.180 e. The average molecular weight is 454 g/mol. The van der Waals surface area contributed by atoms with Gasteiger partial charge in [0.25, 0.3) is 0 Å². The van der Waals surface area contributed by atoms with Crippen LogP contribution in [0.4, 0.5) is 0 Å². The molecule has 0 saturated heterocycles. The number of rotatable bonds is 9. The fourth-order valence-corrected chi connectivity index (χ4v) is 3.22. The molecular weight excluding hydrogens is 431 g/mol. The van der Waals surface area contributed by atoms with Crippen LogP contribution in [0.15, 0.2) is 60.9 Å². The molecule has 0 aliphatic heterocycles. The molecule has 0 unspecified atom stereocenters. The number of aromatic nitrogens is 1. The third kappa shape index (κ3) is 6.79. The van der Waals surface area contributed by atoms with E-state index in [1.807, 2.05) is 55.5 Å². The van der Waals surface area contributed by atoms with Crippen LogP contribution < -0.4 is 14.8 Å². The first kappa shape index (κ1) is 23.3. The van der Waals surface area contributed by atoms with Crippen LogP contribution in [-0.4, -0.2) is 11.6 Å². The lowest BCUT2D eigenvalue weighted by Gasteiger charge is -2.16. The molecule has 0 atom stereocenters. The third-order valence-electron chi connectivity index (χ3n) is 4.11.